The standard InChI is InChI=1S/C16H27NO4S/c1-2-3-4-5-6-15-7-9-16(10-8-15)22(19,20)17-11-13-21-14-12-18/h7-10,17-18H,2-6,11-14H2,1H3. The first-order chi connectivity index (χ1) is 10.6. The van der Waals surface area contributed by atoms with Gasteiger partial charge in [0.25, 0.3) is 0 Å². The van der Waals surface area contributed by atoms with E-state index in [-0.39, 0.29) is 31.3 Å². The van der Waals surface area contributed by atoms with Crippen molar-refractivity contribution in [3.63, 3.8) is 0 Å². The number of aliphatic hydroxyl groups excluding tert-OH is 1. The summed E-state index contributed by atoms with van der Waals surface area (Å²) in [4.78, 5) is 0.270. The van der Waals surface area contributed by atoms with Crippen LogP contribution in [0, 0.1) is 0 Å². The number of ether oxygens (including phenoxy) is 1. The predicted molar refractivity (Wildman–Crippen MR) is 87.4 cm³/mol. The number of rotatable bonds is 12. The van der Waals surface area contributed by atoms with Crippen molar-refractivity contribution in [2.75, 3.05) is 26.4 Å². The van der Waals surface area contributed by atoms with Gasteiger partial charge in [0.05, 0.1) is 24.7 Å². The number of benzene rings is 1. The quantitative estimate of drug-likeness (QED) is 0.576. The van der Waals surface area contributed by atoms with Crippen LogP contribution in [0.1, 0.15) is 38.2 Å². The smallest absolute Gasteiger partial charge is 0.240 e. The van der Waals surface area contributed by atoms with Crippen LogP contribution in [0.3, 0.4) is 0 Å². The molecule has 0 radical (unpaired) electrons. The van der Waals surface area contributed by atoms with E-state index in [1.54, 1.807) is 12.1 Å². The molecule has 0 aliphatic heterocycles. The monoisotopic (exact) mass is 329 g/mol. The van der Waals surface area contributed by atoms with Gasteiger partial charge in [-0.2, -0.15) is 0 Å². The van der Waals surface area contributed by atoms with Crippen LogP contribution in [0.25, 0.3) is 0 Å². The topological polar surface area (TPSA) is 75.6 Å². The van der Waals surface area contributed by atoms with Crippen molar-refractivity contribution < 1.29 is 18.3 Å². The van der Waals surface area contributed by atoms with Gasteiger partial charge < -0.3 is 9.84 Å². The van der Waals surface area contributed by atoms with Gasteiger partial charge >= 0.3 is 0 Å². The highest BCUT2D eigenvalue weighted by Crippen LogP contribution is 2.13. The van der Waals surface area contributed by atoms with E-state index in [2.05, 4.69) is 11.6 Å². The van der Waals surface area contributed by atoms with Crippen LogP contribution < -0.4 is 4.72 Å². The normalized spacial score (nSPS) is 11.7. The molecule has 0 saturated carbocycles. The van der Waals surface area contributed by atoms with E-state index in [1.165, 1.54) is 24.8 Å². The zero-order valence-corrected chi connectivity index (χ0v) is 14.1. The maximum absolute atomic E-state index is 12.1. The summed E-state index contributed by atoms with van der Waals surface area (Å²) in [6.45, 7) is 2.78. The molecule has 0 saturated heterocycles. The van der Waals surface area contributed by atoms with Crippen LogP contribution >= 0.6 is 0 Å². The Morgan fingerprint density at radius 1 is 1.09 bits per heavy atom. The van der Waals surface area contributed by atoms with Gasteiger partial charge in [-0.15, -0.1) is 0 Å². The van der Waals surface area contributed by atoms with Gasteiger partial charge in [-0.3, -0.25) is 0 Å². The molecule has 126 valence electrons. The fraction of sp³-hybridized carbons (Fsp3) is 0.625. The fourth-order valence-electron chi connectivity index (χ4n) is 2.09. The molecule has 1 aromatic carbocycles. The maximum Gasteiger partial charge on any atom is 0.240 e. The molecule has 0 aliphatic carbocycles. The van der Waals surface area contributed by atoms with Gasteiger partial charge in [-0.1, -0.05) is 38.3 Å². The Morgan fingerprint density at radius 2 is 1.82 bits per heavy atom. The third-order valence-corrected chi connectivity index (χ3v) is 4.80. The van der Waals surface area contributed by atoms with Crippen LogP contribution in [0.5, 0.6) is 0 Å². The number of nitrogens with one attached hydrogen (secondary N) is 1. The van der Waals surface area contributed by atoms with Crippen molar-refractivity contribution >= 4 is 10.0 Å². The fourth-order valence-corrected chi connectivity index (χ4v) is 3.10. The summed E-state index contributed by atoms with van der Waals surface area (Å²) >= 11 is 0. The third-order valence-electron chi connectivity index (χ3n) is 3.33. The Morgan fingerprint density at radius 3 is 2.45 bits per heavy atom. The number of hydrogen-bond acceptors (Lipinski definition) is 4. The average molecular weight is 329 g/mol. The van der Waals surface area contributed by atoms with Gasteiger partial charge in [0.2, 0.25) is 10.0 Å². The van der Waals surface area contributed by atoms with Gasteiger partial charge in [0.1, 0.15) is 0 Å². The minimum absolute atomic E-state index is 0.0630. The lowest BCUT2D eigenvalue weighted by atomic mass is 10.1. The molecule has 0 bridgehead atoms. The summed E-state index contributed by atoms with van der Waals surface area (Å²) in [5, 5.41) is 8.56. The molecule has 1 aromatic rings. The molecule has 2 N–H and O–H groups in total. The summed E-state index contributed by atoms with van der Waals surface area (Å²) in [6.07, 6.45) is 5.80. The molecule has 0 heterocycles. The molecule has 0 unspecified atom stereocenters. The van der Waals surface area contributed by atoms with Gasteiger partial charge in [0, 0.05) is 6.54 Å². The van der Waals surface area contributed by atoms with E-state index in [1.807, 2.05) is 12.1 Å². The Bertz CT molecular complexity index is 499. The molecular formula is C16H27NO4S. The summed E-state index contributed by atoms with van der Waals surface area (Å²) in [5.41, 5.74) is 1.17. The van der Waals surface area contributed by atoms with Crippen molar-refractivity contribution in [2.24, 2.45) is 0 Å². The van der Waals surface area contributed by atoms with E-state index in [0.717, 1.165) is 12.8 Å². The number of unbranched alkanes of at least 4 members (excludes halogenated alkanes) is 3. The van der Waals surface area contributed by atoms with E-state index < -0.39 is 10.0 Å². The molecule has 0 spiro atoms. The van der Waals surface area contributed by atoms with Gasteiger partial charge in [0.15, 0.2) is 0 Å². The highest BCUT2D eigenvalue weighted by molar-refractivity contribution is 7.89. The number of aliphatic hydroxyl groups is 1. The van der Waals surface area contributed by atoms with Crippen molar-refractivity contribution in [1.82, 2.24) is 4.72 Å². The zero-order valence-electron chi connectivity index (χ0n) is 13.3. The van der Waals surface area contributed by atoms with Crippen LogP contribution in [-0.2, 0) is 21.2 Å². The first-order valence-electron chi connectivity index (χ1n) is 7.87. The van der Waals surface area contributed by atoms with Crippen LogP contribution in [-0.4, -0.2) is 39.9 Å². The van der Waals surface area contributed by atoms with Crippen molar-refractivity contribution in [3.8, 4) is 0 Å². The Labute approximate surface area is 133 Å². The highest BCUT2D eigenvalue weighted by Gasteiger charge is 2.12. The van der Waals surface area contributed by atoms with Gasteiger partial charge in [-0.25, -0.2) is 13.1 Å². The SMILES string of the molecule is CCCCCCc1ccc(S(=O)(=O)NCCOCCO)cc1. The second-order valence-corrected chi connectivity index (χ2v) is 6.96. The summed E-state index contributed by atoms with van der Waals surface area (Å²) in [6, 6.07) is 7.05. The first-order valence-corrected chi connectivity index (χ1v) is 9.35. The molecule has 1 rings (SSSR count). The predicted octanol–water partition coefficient (Wildman–Crippen LogP) is 2.10. The third kappa shape index (κ3) is 7.35. The lowest BCUT2D eigenvalue weighted by Gasteiger charge is -2.08. The van der Waals surface area contributed by atoms with E-state index in [0.29, 0.717) is 0 Å². The minimum atomic E-state index is -3.49. The van der Waals surface area contributed by atoms with E-state index >= 15 is 0 Å². The molecule has 0 aromatic heterocycles. The lowest BCUT2D eigenvalue weighted by molar-refractivity contribution is 0.0961. The zero-order chi connectivity index (χ0) is 16.3. The van der Waals surface area contributed by atoms with Crippen LogP contribution in [0.15, 0.2) is 29.2 Å². The number of aryl methyl sites for hydroxylation is 1. The Balaban J connectivity index is 2.43. The molecule has 6 heteroatoms. The minimum Gasteiger partial charge on any atom is -0.394 e. The second-order valence-electron chi connectivity index (χ2n) is 5.19. The molecule has 0 aliphatic rings. The Hall–Kier alpha value is -0.950. The summed E-state index contributed by atoms with van der Waals surface area (Å²) < 4.78 is 31.6. The van der Waals surface area contributed by atoms with Gasteiger partial charge in [-0.05, 0) is 30.5 Å². The molecular weight excluding hydrogens is 302 g/mol. The van der Waals surface area contributed by atoms with Crippen LogP contribution in [0.4, 0.5) is 0 Å². The second kappa shape index (κ2) is 10.7. The first kappa shape index (κ1) is 19.1. The van der Waals surface area contributed by atoms with Crippen molar-refractivity contribution in [2.45, 2.75) is 43.9 Å². The van der Waals surface area contributed by atoms with Crippen molar-refractivity contribution in [3.05, 3.63) is 29.8 Å². The average Bonchev–Trinajstić information content (AvgIpc) is 2.52. The molecule has 0 fully saturated rings. The maximum atomic E-state index is 12.1. The lowest BCUT2D eigenvalue weighted by Crippen LogP contribution is -2.27. The van der Waals surface area contributed by atoms with Crippen molar-refractivity contribution in [1.29, 1.82) is 0 Å². The molecule has 0 atom stereocenters. The largest absolute Gasteiger partial charge is 0.394 e. The summed E-state index contributed by atoms with van der Waals surface area (Å²) in [7, 11) is -3.49. The van der Waals surface area contributed by atoms with E-state index in [9.17, 15) is 8.42 Å². The Kier molecular flexibility index (Phi) is 9.31. The molecule has 22 heavy (non-hydrogen) atoms. The van der Waals surface area contributed by atoms with E-state index in [4.69, 9.17) is 9.84 Å². The number of hydrogen-bond donors (Lipinski definition) is 2. The highest BCUT2D eigenvalue weighted by atomic mass is 32.2. The summed E-state index contributed by atoms with van der Waals surface area (Å²) in [5.74, 6) is 0. The van der Waals surface area contributed by atoms with Crippen LogP contribution in [0.2, 0.25) is 0 Å². The molecule has 5 nitrogen and oxygen atoms in total. The molecule has 0 amide bonds. The number of sulfonamides is 1.